The number of hydrogen-bond acceptors (Lipinski definition) is 1. The van der Waals surface area contributed by atoms with E-state index < -0.39 is 0 Å². The fourth-order valence-electron chi connectivity index (χ4n) is 0.275. The number of terminal acetylenes is 1. The standard InChI is InChI=1S/C8H8O/c1-3-5-6-8-9-7-4-2/h2-3H,1,7-8H2. The Kier molecular flexibility index (Phi) is 5.93. The van der Waals surface area contributed by atoms with Crippen LogP contribution in [0, 0.1) is 24.2 Å². The average molecular weight is 120 g/mol. The highest BCUT2D eigenvalue weighted by Gasteiger charge is 1.72. The minimum Gasteiger partial charge on any atom is -0.356 e. The Bertz CT molecular complexity index is 163. The fraction of sp³-hybridized carbons (Fsp3) is 0.250. The van der Waals surface area contributed by atoms with Crippen molar-refractivity contribution in [1.29, 1.82) is 0 Å². The molecule has 0 spiro atoms. The first kappa shape index (κ1) is 7.82. The highest BCUT2D eigenvalue weighted by atomic mass is 16.5. The molecular weight excluding hydrogens is 112 g/mol. The molecule has 0 aliphatic carbocycles. The first-order valence-electron chi connectivity index (χ1n) is 2.52. The first-order chi connectivity index (χ1) is 4.41. The highest BCUT2D eigenvalue weighted by Crippen LogP contribution is 1.68. The lowest BCUT2D eigenvalue weighted by atomic mass is 10.6. The van der Waals surface area contributed by atoms with Gasteiger partial charge in [-0.15, -0.1) is 6.42 Å². The lowest BCUT2D eigenvalue weighted by Gasteiger charge is -1.86. The number of hydrogen-bond donors (Lipinski definition) is 0. The lowest BCUT2D eigenvalue weighted by Crippen LogP contribution is -1.89. The molecule has 46 valence electrons. The molecule has 0 amide bonds. The van der Waals surface area contributed by atoms with Crippen LogP contribution in [0.3, 0.4) is 0 Å². The highest BCUT2D eigenvalue weighted by molar-refractivity contribution is 5.12. The summed E-state index contributed by atoms with van der Waals surface area (Å²) in [5, 5.41) is 0. The van der Waals surface area contributed by atoms with Crippen LogP contribution in [-0.2, 0) is 4.74 Å². The third kappa shape index (κ3) is 6.82. The molecule has 0 fully saturated rings. The SMILES string of the molecule is C#CCOCC#CC=C. The van der Waals surface area contributed by atoms with Crippen LogP contribution in [0.5, 0.6) is 0 Å². The van der Waals surface area contributed by atoms with Gasteiger partial charge in [0.25, 0.3) is 0 Å². The van der Waals surface area contributed by atoms with E-state index in [2.05, 4.69) is 24.3 Å². The molecule has 0 saturated carbocycles. The third-order valence-corrected chi connectivity index (χ3v) is 0.564. The Morgan fingerprint density at radius 1 is 1.56 bits per heavy atom. The Hall–Kier alpha value is -1.18. The van der Waals surface area contributed by atoms with E-state index in [1.54, 1.807) is 0 Å². The van der Waals surface area contributed by atoms with E-state index >= 15 is 0 Å². The normalized spacial score (nSPS) is 6.56. The Balaban J connectivity index is 3.11. The fourth-order valence-corrected chi connectivity index (χ4v) is 0.275. The van der Waals surface area contributed by atoms with Crippen LogP contribution in [0.2, 0.25) is 0 Å². The number of ether oxygens (including phenoxy) is 1. The molecule has 0 bridgehead atoms. The molecule has 0 saturated heterocycles. The van der Waals surface area contributed by atoms with Crippen molar-refractivity contribution in [3.05, 3.63) is 12.7 Å². The molecule has 0 unspecified atom stereocenters. The van der Waals surface area contributed by atoms with Gasteiger partial charge in [0.15, 0.2) is 0 Å². The van der Waals surface area contributed by atoms with E-state index in [9.17, 15) is 0 Å². The van der Waals surface area contributed by atoms with Gasteiger partial charge in [0, 0.05) is 0 Å². The van der Waals surface area contributed by atoms with Crippen molar-refractivity contribution in [3.8, 4) is 24.2 Å². The van der Waals surface area contributed by atoms with Crippen LogP contribution < -0.4 is 0 Å². The molecule has 0 aromatic heterocycles. The molecule has 0 atom stereocenters. The predicted molar refractivity (Wildman–Crippen MR) is 37.6 cm³/mol. The zero-order valence-corrected chi connectivity index (χ0v) is 5.18. The molecule has 9 heavy (non-hydrogen) atoms. The van der Waals surface area contributed by atoms with Gasteiger partial charge < -0.3 is 4.74 Å². The largest absolute Gasteiger partial charge is 0.356 e. The lowest BCUT2D eigenvalue weighted by molar-refractivity contribution is 0.205. The van der Waals surface area contributed by atoms with Crippen LogP contribution in [0.1, 0.15) is 0 Å². The minimum atomic E-state index is 0.325. The summed E-state index contributed by atoms with van der Waals surface area (Å²) in [6, 6.07) is 0. The van der Waals surface area contributed by atoms with Gasteiger partial charge in [-0.05, 0) is 6.08 Å². The van der Waals surface area contributed by atoms with Gasteiger partial charge in [-0.1, -0.05) is 24.3 Å². The van der Waals surface area contributed by atoms with Crippen molar-refractivity contribution in [2.75, 3.05) is 13.2 Å². The predicted octanol–water partition coefficient (Wildman–Crippen LogP) is 0.826. The van der Waals surface area contributed by atoms with E-state index in [1.807, 2.05) is 0 Å². The summed E-state index contributed by atoms with van der Waals surface area (Å²) in [4.78, 5) is 0. The van der Waals surface area contributed by atoms with Crippen LogP contribution in [-0.4, -0.2) is 13.2 Å². The molecule has 0 rings (SSSR count). The summed E-state index contributed by atoms with van der Waals surface area (Å²) in [7, 11) is 0. The molecule has 1 nitrogen and oxygen atoms in total. The third-order valence-electron chi connectivity index (χ3n) is 0.564. The van der Waals surface area contributed by atoms with Crippen molar-refractivity contribution in [3.63, 3.8) is 0 Å². The zero-order valence-electron chi connectivity index (χ0n) is 5.18. The van der Waals surface area contributed by atoms with Gasteiger partial charge >= 0.3 is 0 Å². The van der Waals surface area contributed by atoms with E-state index in [4.69, 9.17) is 11.2 Å². The Morgan fingerprint density at radius 2 is 2.33 bits per heavy atom. The minimum absolute atomic E-state index is 0.325. The Labute approximate surface area is 55.7 Å². The smallest absolute Gasteiger partial charge is 0.109 e. The van der Waals surface area contributed by atoms with Gasteiger partial charge in [0.2, 0.25) is 0 Å². The molecule has 0 radical (unpaired) electrons. The van der Waals surface area contributed by atoms with Crippen molar-refractivity contribution in [2.24, 2.45) is 0 Å². The molecule has 0 aliphatic heterocycles. The second-order valence-electron chi connectivity index (χ2n) is 1.22. The number of allylic oxidation sites excluding steroid dienone is 1. The summed E-state index contributed by atoms with van der Waals surface area (Å²) in [6.45, 7) is 4.12. The molecule has 0 aliphatic rings. The summed E-state index contributed by atoms with van der Waals surface area (Å²) in [6.07, 6.45) is 6.41. The van der Waals surface area contributed by atoms with Gasteiger partial charge in [-0.3, -0.25) is 0 Å². The van der Waals surface area contributed by atoms with Gasteiger partial charge in [-0.2, -0.15) is 0 Å². The van der Waals surface area contributed by atoms with Crippen LogP contribution >= 0.6 is 0 Å². The topological polar surface area (TPSA) is 9.23 Å². The second-order valence-corrected chi connectivity index (χ2v) is 1.22. The number of rotatable bonds is 2. The van der Waals surface area contributed by atoms with Gasteiger partial charge in [0.1, 0.15) is 13.2 Å². The van der Waals surface area contributed by atoms with E-state index in [1.165, 1.54) is 6.08 Å². The first-order valence-corrected chi connectivity index (χ1v) is 2.52. The Morgan fingerprint density at radius 3 is 2.89 bits per heavy atom. The van der Waals surface area contributed by atoms with Crippen LogP contribution in [0.15, 0.2) is 12.7 Å². The van der Waals surface area contributed by atoms with Crippen molar-refractivity contribution in [1.82, 2.24) is 0 Å². The molecule has 0 aromatic carbocycles. The maximum atomic E-state index is 4.90. The van der Waals surface area contributed by atoms with Crippen molar-refractivity contribution in [2.45, 2.75) is 0 Å². The quantitative estimate of drug-likeness (QED) is 0.387. The molecule has 0 N–H and O–H groups in total. The summed E-state index contributed by atoms with van der Waals surface area (Å²) in [5.41, 5.74) is 0. The van der Waals surface area contributed by atoms with Gasteiger partial charge in [0.05, 0.1) is 0 Å². The second kappa shape index (κ2) is 6.82. The maximum absolute atomic E-state index is 4.90. The van der Waals surface area contributed by atoms with E-state index in [-0.39, 0.29) is 0 Å². The molecule has 0 aromatic rings. The van der Waals surface area contributed by atoms with Gasteiger partial charge in [-0.25, -0.2) is 0 Å². The molecule has 0 heterocycles. The molecular formula is C8H8O. The monoisotopic (exact) mass is 120 g/mol. The van der Waals surface area contributed by atoms with Crippen molar-refractivity contribution >= 4 is 0 Å². The zero-order chi connectivity index (χ0) is 6.95. The van der Waals surface area contributed by atoms with E-state index in [0.717, 1.165) is 0 Å². The van der Waals surface area contributed by atoms with Crippen LogP contribution in [0.4, 0.5) is 0 Å². The van der Waals surface area contributed by atoms with Crippen LogP contribution in [0.25, 0.3) is 0 Å². The molecule has 1 heteroatoms. The summed E-state index contributed by atoms with van der Waals surface area (Å²) < 4.78 is 4.83. The maximum Gasteiger partial charge on any atom is 0.109 e. The average Bonchev–Trinajstić information content (AvgIpc) is 1.89. The summed E-state index contributed by atoms with van der Waals surface area (Å²) >= 11 is 0. The van der Waals surface area contributed by atoms with Crippen molar-refractivity contribution < 1.29 is 4.74 Å². The van der Waals surface area contributed by atoms with E-state index in [0.29, 0.717) is 13.2 Å². The summed E-state index contributed by atoms with van der Waals surface area (Å²) in [5.74, 6) is 7.64.